The highest BCUT2D eigenvalue weighted by atomic mass is 35.5. The Bertz CT molecular complexity index is 617. The lowest BCUT2D eigenvalue weighted by molar-refractivity contribution is 0.911. The molecule has 2 aromatic rings. The third-order valence-corrected chi connectivity index (χ3v) is 4.89. The van der Waals surface area contributed by atoms with Crippen LogP contribution in [0.1, 0.15) is 39.6 Å². The number of alkyl halides is 1. The molecule has 0 N–H and O–H groups in total. The number of hydrogen-bond acceptors (Lipinski definition) is 0. The van der Waals surface area contributed by atoms with E-state index in [1.165, 1.54) is 36.0 Å². The predicted octanol–water partition coefficient (Wildman–Crippen LogP) is 5.47. The number of hydrogen-bond donors (Lipinski definition) is 0. The monoisotopic (exact) mass is 290 g/mol. The van der Waals surface area contributed by atoms with Gasteiger partial charge in [0.25, 0.3) is 0 Å². The van der Waals surface area contributed by atoms with E-state index in [1.54, 1.807) is 0 Å². The van der Waals surface area contributed by atoms with E-state index in [2.05, 4.69) is 24.3 Å². The minimum atomic E-state index is -0.121. The largest absolute Gasteiger partial charge is 0.113 e. The first-order valence-electron chi connectivity index (χ1n) is 6.67. The fourth-order valence-corrected chi connectivity index (χ4v) is 3.38. The first-order valence-corrected chi connectivity index (χ1v) is 7.49. The second-order valence-corrected chi connectivity index (χ2v) is 6.04. The molecule has 1 aliphatic rings. The normalized spacial score (nSPS) is 15.3. The zero-order chi connectivity index (χ0) is 13.4. The molecule has 0 saturated carbocycles. The maximum absolute atomic E-state index is 6.65. The van der Waals surface area contributed by atoms with E-state index in [-0.39, 0.29) is 5.38 Å². The van der Waals surface area contributed by atoms with Gasteiger partial charge in [-0.1, -0.05) is 41.9 Å². The highest BCUT2D eigenvalue weighted by Crippen LogP contribution is 2.35. The summed E-state index contributed by atoms with van der Waals surface area (Å²) in [4.78, 5) is 0. The standard InChI is InChI=1S/C17H16Cl2/c1-11-15(6-3-7-16(11)18)17(19)14-9-8-12-4-2-5-13(12)10-14/h3,6-10,17H,2,4-5H2,1H3. The Hall–Kier alpha value is -0.980. The molecule has 0 aliphatic heterocycles. The molecule has 0 saturated heterocycles. The van der Waals surface area contributed by atoms with Gasteiger partial charge in [0.1, 0.15) is 0 Å². The van der Waals surface area contributed by atoms with Crippen LogP contribution in [0.2, 0.25) is 5.02 Å². The summed E-state index contributed by atoms with van der Waals surface area (Å²) < 4.78 is 0. The van der Waals surface area contributed by atoms with E-state index in [4.69, 9.17) is 23.2 Å². The second kappa shape index (κ2) is 5.19. The van der Waals surface area contributed by atoms with E-state index in [1.807, 2.05) is 19.1 Å². The Balaban J connectivity index is 2.00. The Morgan fingerprint density at radius 1 is 1.05 bits per heavy atom. The summed E-state index contributed by atoms with van der Waals surface area (Å²) in [6, 6.07) is 12.6. The summed E-state index contributed by atoms with van der Waals surface area (Å²) >= 11 is 12.8. The van der Waals surface area contributed by atoms with Crippen molar-refractivity contribution < 1.29 is 0 Å². The fraction of sp³-hybridized carbons (Fsp3) is 0.294. The van der Waals surface area contributed by atoms with Crippen molar-refractivity contribution in [3.05, 3.63) is 69.2 Å². The molecule has 0 fully saturated rings. The Labute approximate surface area is 124 Å². The van der Waals surface area contributed by atoms with Gasteiger partial charge in [-0.2, -0.15) is 0 Å². The molecule has 0 amide bonds. The zero-order valence-electron chi connectivity index (χ0n) is 10.9. The smallest absolute Gasteiger partial charge is 0.0838 e. The highest BCUT2D eigenvalue weighted by molar-refractivity contribution is 6.31. The number of benzene rings is 2. The van der Waals surface area contributed by atoms with Gasteiger partial charge in [0.15, 0.2) is 0 Å². The molecule has 2 heteroatoms. The van der Waals surface area contributed by atoms with E-state index in [9.17, 15) is 0 Å². The first kappa shape index (κ1) is 13.0. The molecule has 1 aliphatic carbocycles. The van der Waals surface area contributed by atoms with Crippen LogP contribution in [0.25, 0.3) is 0 Å². The molecule has 0 radical (unpaired) electrons. The molecule has 0 bridgehead atoms. The number of aryl methyl sites for hydroxylation is 2. The lowest BCUT2D eigenvalue weighted by Crippen LogP contribution is -1.98. The van der Waals surface area contributed by atoms with E-state index in [0.29, 0.717) is 0 Å². The average Bonchev–Trinajstić information content (AvgIpc) is 2.88. The SMILES string of the molecule is Cc1c(Cl)cccc1C(Cl)c1ccc2c(c1)CCC2. The fourth-order valence-electron chi connectivity index (χ4n) is 2.83. The molecule has 1 atom stereocenters. The lowest BCUT2D eigenvalue weighted by atomic mass is 9.97. The van der Waals surface area contributed by atoms with Crippen LogP contribution in [-0.2, 0) is 12.8 Å². The minimum Gasteiger partial charge on any atom is -0.113 e. The lowest BCUT2D eigenvalue weighted by Gasteiger charge is -2.15. The van der Waals surface area contributed by atoms with Crippen LogP contribution in [0.3, 0.4) is 0 Å². The molecular formula is C17H16Cl2. The molecule has 0 spiro atoms. The molecule has 0 aromatic heterocycles. The molecule has 1 unspecified atom stereocenters. The van der Waals surface area contributed by atoms with Gasteiger partial charge in [-0.25, -0.2) is 0 Å². The van der Waals surface area contributed by atoms with Crippen molar-refractivity contribution in [2.75, 3.05) is 0 Å². The topological polar surface area (TPSA) is 0 Å². The first-order chi connectivity index (χ1) is 9.16. The van der Waals surface area contributed by atoms with Crippen molar-refractivity contribution in [1.29, 1.82) is 0 Å². The van der Waals surface area contributed by atoms with Gasteiger partial charge in [-0.3, -0.25) is 0 Å². The average molecular weight is 291 g/mol. The van der Waals surface area contributed by atoms with Gasteiger partial charge in [0.05, 0.1) is 5.38 Å². The van der Waals surface area contributed by atoms with E-state index in [0.717, 1.165) is 16.1 Å². The number of rotatable bonds is 2. The summed E-state index contributed by atoms with van der Waals surface area (Å²) in [7, 11) is 0. The number of fused-ring (bicyclic) bond motifs is 1. The van der Waals surface area contributed by atoms with Crippen LogP contribution < -0.4 is 0 Å². The van der Waals surface area contributed by atoms with Crippen molar-refractivity contribution in [2.24, 2.45) is 0 Å². The van der Waals surface area contributed by atoms with Crippen molar-refractivity contribution in [3.8, 4) is 0 Å². The van der Waals surface area contributed by atoms with E-state index < -0.39 is 0 Å². The Kier molecular flexibility index (Phi) is 3.56. The van der Waals surface area contributed by atoms with Crippen molar-refractivity contribution in [3.63, 3.8) is 0 Å². The maximum atomic E-state index is 6.65. The van der Waals surface area contributed by atoms with Crippen LogP contribution in [0, 0.1) is 6.92 Å². The number of halogens is 2. The third kappa shape index (κ3) is 2.40. The van der Waals surface area contributed by atoms with Crippen LogP contribution in [-0.4, -0.2) is 0 Å². The van der Waals surface area contributed by atoms with Crippen molar-refractivity contribution >= 4 is 23.2 Å². The van der Waals surface area contributed by atoms with Gasteiger partial charge in [-0.15, -0.1) is 11.6 Å². The molecule has 19 heavy (non-hydrogen) atoms. The highest BCUT2D eigenvalue weighted by Gasteiger charge is 2.17. The summed E-state index contributed by atoms with van der Waals surface area (Å²) in [6.07, 6.45) is 3.65. The third-order valence-electron chi connectivity index (χ3n) is 4.00. The summed E-state index contributed by atoms with van der Waals surface area (Å²) in [5.74, 6) is 0. The van der Waals surface area contributed by atoms with Crippen LogP contribution in [0.15, 0.2) is 36.4 Å². The molecule has 98 valence electrons. The maximum Gasteiger partial charge on any atom is 0.0838 e. The minimum absolute atomic E-state index is 0.121. The van der Waals surface area contributed by atoms with Gasteiger partial charge >= 0.3 is 0 Å². The Morgan fingerprint density at radius 2 is 1.84 bits per heavy atom. The predicted molar refractivity (Wildman–Crippen MR) is 82.4 cm³/mol. The molecule has 0 heterocycles. The molecule has 3 rings (SSSR count). The zero-order valence-corrected chi connectivity index (χ0v) is 12.4. The summed E-state index contributed by atoms with van der Waals surface area (Å²) in [5.41, 5.74) is 6.29. The molecule has 0 nitrogen and oxygen atoms in total. The molecule has 2 aromatic carbocycles. The van der Waals surface area contributed by atoms with Crippen LogP contribution in [0.5, 0.6) is 0 Å². The van der Waals surface area contributed by atoms with Crippen molar-refractivity contribution in [2.45, 2.75) is 31.6 Å². The second-order valence-electron chi connectivity index (χ2n) is 5.20. The van der Waals surface area contributed by atoms with Crippen LogP contribution in [0.4, 0.5) is 0 Å². The Morgan fingerprint density at radius 3 is 2.68 bits per heavy atom. The van der Waals surface area contributed by atoms with Crippen molar-refractivity contribution in [1.82, 2.24) is 0 Å². The van der Waals surface area contributed by atoms with Gasteiger partial charge in [0.2, 0.25) is 0 Å². The molecular weight excluding hydrogens is 275 g/mol. The van der Waals surface area contributed by atoms with Gasteiger partial charge in [0, 0.05) is 5.02 Å². The van der Waals surface area contributed by atoms with Gasteiger partial charge < -0.3 is 0 Å². The quantitative estimate of drug-likeness (QED) is 0.644. The van der Waals surface area contributed by atoms with E-state index >= 15 is 0 Å². The van der Waals surface area contributed by atoms with Gasteiger partial charge in [-0.05, 0) is 60.1 Å². The summed E-state index contributed by atoms with van der Waals surface area (Å²) in [6.45, 7) is 2.03. The summed E-state index contributed by atoms with van der Waals surface area (Å²) in [5, 5.41) is 0.661. The van der Waals surface area contributed by atoms with Crippen LogP contribution >= 0.6 is 23.2 Å².